The molecule has 6 heteroatoms. The van der Waals surface area contributed by atoms with Crippen molar-refractivity contribution in [2.75, 3.05) is 26.2 Å². The summed E-state index contributed by atoms with van der Waals surface area (Å²) in [6.07, 6.45) is 8.09. The van der Waals surface area contributed by atoms with Crippen molar-refractivity contribution in [1.82, 2.24) is 15.0 Å². The molecular formula is C20H27N3O3. The number of fused-ring (bicyclic) bond motifs is 3. The normalized spacial score (nSPS) is 31.6. The molecule has 0 unspecified atom stereocenters. The minimum Gasteiger partial charge on any atom is -0.366 e. The van der Waals surface area contributed by atoms with E-state index in [0.717, 1.165) is 69.9 Å². The third-order valence-electron chi connectivity index (χ3n) is 6.62. The third-order valence-corrected chi connectivity index (χ3v) is 6.62. The van der Waals surface area contributed by atoms with Crippen molar-refractivity contribution in [3.63, 3.8) is 0 Å². The van der Waals surface area contributed by atoms with E-state index in [0.29, 0.717) is 5.92 Å². The molecule has 0 spiro atoms. The molecule has 140 valence electrons. The lowest BCUT2D eigenvalue weighted by molar-refractivity contribution is -0.137. The van der Waals surface area contributed by atoms with Crippen LogP contribution in [0.3, 0.4) is 0 Å². The second-order valence-corrected chi connectivity index (χ2v) is 8.06. The Kier molecular flexibility index (Phi) is 4.13. The summed E-state index contributed by atoms with van der Waals surface area (Å²) in [4.78, 5) is 17.4. The fraction of sp³-hybridized carbons (Fsp3) is 0.700. The molecule has 0 N–H and O–H groups in total. The lowest BCUT2D eigenvalue weighted by Gasteiger charge is -2.34. The highest BCUT2D eigenvalue weighted by atomic mass is 16.5. The number of ether oxygens (including phenoxy) is 1. The fourth-order valence-corrected chi connectivity index (χ4v) is 4.99. The minimum atomic E-state index is 0.00606. The Hall–Kier alpha value is -1.66. The molecule has 2 saturated heterocycles. The van der Waals surface area contributed by atoms with Gasteiger partial charge in [-0.3, -0.25) is 9.69 Å². The summed E-state index contributed by atoms with van der Waals surface area (Å²) < 4.78 is 11.5. The van der Waals surface area contributed by atoms with Crippen LogP contribution in [0.1, 0.15) is 49.1 Å². The standard InChI is InChI=1S/C20H27N3O3/c1-2-22-8-7-17-16(12-22)19(26-21-17)13-5-9-23(10-6-13)20(24)15-11-14-3-4-18(15)25-14/h3-4,13-15,18H,2,5-12H2,1H3/t14-,15+,18-/m1/s1. The number of amides is 1. The number of hydrogen-bond acceptors (Lipinski definition) is 5. The lowest BCUT2D eigenvalue weighted by Crippen LogP contribution is -2.43. The summed E-state index contributed by atoms with van der Waals surface area (Å²) in [6.45, 7) is 6.93. The largest absolute Gasteiger partial charge is 0.366 e. The van der Waals surface area contributed by atoms with Crippen molar-refractivity contribution < 1.29 is 14.1 Å². The predicted octanol–water partition coefficient (Wildman–Crippen LogP) is 2.10. The second kappa shape index (κ2) is 6.50. The number of nitrogens with zero attached hydrogens (tertiary/aromatic N) is 3. The number of aromatic nitrogens is 1. The van der Waals surface area contributed by atoms with E-state index in [2.05, 4.69) is 29.1 Å². The fourth-order valence-electron chi connectivity index (χ4n) is 4.99. The lowest BCUT2D eigenvalue weighted by atomic mass is 9.88. The van der Waals surface area contributed by atoms with Gasteiger partial charge in [0.15, 0.2) is 0 Å². The van der Waals surface area contributed by atoms with E-state index in [1.54, 1.807) is 0 Å². The van der Waals surface area contributed by atoms with Gasteiger partial charge in [-0.15, -0.1) is 0 Å². The van der Waals surface area contributed by atoms with Gasteiger partial charge in [0.25, 0.3) is 0 Å². The monoisotopic (exact) mass is 357 g/mol. The first-order valence-corrected chi connectivity index (χ1v) is 10.0. The highest BCUT2D eigenvalue weighted by Crippen LogP contribution is 2.38. The molecule has 5 rings (SSSR count). The van der Waals surface area contributed by atoms with Gasteiger partial charge in [0.1, 0.15) is 5.76 Å². The van der Waals surface area contributed by atoms with Crippen LogP contribution in [0.25, 0.3) is 0 Å². The summed E-state index contributed by atoms with van der Waals surface area (Å²) in [5.41, 5.74) is 2.46. The van der Waals surface area contributed by atoms with Crippen molar-refractivity contribution in [1.29, 1.82) is 0 Å². The van der Waals surface area contributed by atoms with Crippen molar-refractivity contribution in [2.45, 2.75) is 57.3 Å². The number of piperidine rings is 1. The van der Waals surface area contributed by atoms with Crippen LogP contribution < -0.4 is 0 Å². The quantitative estimate of drug-likeness (QED) is 0.776. The van der Waals surface area contributed by atoms with Gasteiger partial charge in [0.05, 0.1) is 23.8 Å². The maximum atomic E-state index is 12.9. The molecule has 1 aromatic rings. The second-order valence-electron chi connectivity index (χ2n) is 8.06. The Labute approximate surface area is 154 Å². The van der Waals surface area contributed by atoms with E-state index >= 15 is 0 Å². The van der Waals surface area contributed by atoms with E-state index in [-0.39, 0.29) is 24.0 Å². The zero-order valence-corrected chi connectivity index (χ0v) is 15.4. The topological polar surface area (TPSA) is 58.8 Å². The van der Waals surface area contributed by atoms with Crippen LogP contribution in [-0.2, 0) is 22.5 Å². The molecule has 6 nitrogen and oxygen atoms in total. The van der Waals surface area contributed by atoms with E-state index in [4.69, 9.17) is 9.26 Å². The molecule has 3 atom stereocenters. The van der Waals surface area contributed by atoms with Gasteiger partial charge in [0.2, 0.25) is 5.91 Å². The highest BCUT2D eigenvalue weighted by Gasteiger charge is 2.43. The number of hydrogen-bond donors (Lipinski definition) is 0. The highest BCUT2D eigenvalue weighted by molar-refractivity contribution is 5.80. The summed E-state index contributed by atoms with van der Waals surface area (Å²) >= 11 is 0. The third kappa shape index (κ3) is 2.70. The van der Waals surface area contributed by atoms with Gasteiger partial charge in [-0.25, -0.2) is 0 Å². The first-order valence-electron chi connectivity index (χ1n) is 10.0. The summed E-state index contributed by atoms with van der Waals surface area (Å²) in [7, 11) is 0. The molecule has 0 radical (unpaired) electrons. The molecule has 0 aromatic carbocycles. The van der Waals surface area contributed by atoms with Gasteiger partial charge in [0, 0.05) is 44.1 Å². The Balaban J connectivity index is 1.23. The van der Waals surface area contributed by atoms with Crippen LogP contribution in [0.5, 0.6) is 0 Å². The number of carbonyl (C=O) groups is 1. The van der Waals surface area contributed by atoms with Gasteiger partial charge in [-0.2, -0.15) is 0 Å². The average molecular weight is 357 g/mol. The van der Waals surface area contributed by atoms with Crippen molar-refractivity contribution in [2.24, 2.45) is 5.92 Å². The van der Waals surface area contributed by atoms with Crippen LogP contribution in [-0.4, -0.2) is 59.3 Å². The predicted molar refractivity (Wildman–Crippen MR) is 95.6 cm³/mol. The molecule has 5 heterocycles. The maximum Gasteiger partial charge on any atom is 0.228 e. The average Bonchev–Trinajstić information content (AvgIpc) is 3.42. The van der Waals surface area contributed by atoms with Gasteiger partial charge in [-0.05, 0) is 25.8 Å². The Morgan fingerprint density at radius 2 is 2.12 bits per heavy atom. The molecule has 0 aliphatic carbocycles. The number of likely N-dealkylation sites (N-methyl/N-ethyl adjacent to an activating group) is 1. The summed E-state index contributed by atoms with van der Waals surface area (Å²) in [5, 5.41) is 4.34. The van der Waals surface area contributed by atoms with Gasteiger partial charge < -0.3 is 14.2 Å². The molecule has 0 saturated carbocycles. The number of carbonyl (C=O) groups excluding carboxylic acids is 1. The first kappa shape index (κ1) is 16.5. The van der Waals surface area contributed by atoms with Crippen LogP contribution in [0.4, 0.5) is 0 Å². The van der Waals surface area contributed by atoms with Gasteiger partial charge in [-0.1, -0.05) is 24.2 Å². The Morgan fingerprint density at radius 3 is 2.81 bits per heavy atom. The van der Waals surface area contributed by atoms with Crippen LogP contribution in [0.2, 0.25) is 0 Å². The molecule has 26 heavy (non-hydrogen) atoms. The zero-order valence-electron chi connectivity index (χ0n) is 15.4. The molecule has 2 bridgehead atoms. The van der Waals surface area contributed by atoms with E-state index in [1.807, 2.05) is 4.90 Å². The van der Waals surface area contributed by atoms with E-state index in [9.17, 15) is 4.79 Å². The molecule has 1 aromatic heterocycles. The minimum absolute atomic E-state index is 0.00606. The smallest absolute Gasteiger partial charge is 0.228 e. The summed E-state index contributed by atoms with van der Waals surface area (Å²) in [6, 6.07) is 0. The maximum absolute atomic E-state index is 12.9. The van der Waals surface area contributed by atoms with Crippen molar-refractivity contribution >= 4 is 5.91 Å². The number of likely N-dealkylation sites (tertiary alicyclic amines) is 1. The van der Waals surface area contributed by atoms with Crippen LogP contribution in [0.15, 0.2) is 16.7 Å². The van der Waals surface area contributed by atoms with Crippen LogP contribution >= 0.6 is 0 Å². The zero-order chi connectivity index (χ0) is 17.7. The van der Waals surface area contributed by atoms with Gasteiger partial charge >= 0.3 is 0 Å². The molecule has 1 amide bonds. The summed E-state index contributed by atoms with van der Waals surface area (Å²) in [5.74, 6) is 1.77. The van der Waals surface area contributed by atoms with E-state index in [1.165, 1.54) is 5.56 Å². The molecule has 4 aliphatic heterocycles. The number of rotatable bonds is 3. The Morgan fingerprint density at radius 1 is 1.27 bits per heavy atom. The van der Waals surface area contributed by atoms with E-state index < -0.39 is 0 Å². The van der Waals surface area contributed by atoms with Crippen molar-refractivity contribution in [3.05, 3.63) is 29.2 Å². The molecular weight excluding hydrogens is 330 g/mol. The Bertz CT molecular complexity index is 720. The molecule has 2 fully saturated rings. The van der Waals surface area contributed by atoms with Crippen LogP contribution in [0, 0.1) is 5.92 Å². The molecule has 4 aliphatic rings. The SMILES string of the molecule is CCN1CCc2noc(C3CCN(C(=O)[C@H]4C[C@H]5C=C[C@H]4O5)CC3)c2C1. The first-order chi connectivity index (χ1) is 12.7. The van der Waals surface area contributed by atoms with Crippen molar-refractivity contribution in [3.8, 4) is 0 Å².